The number of hydrogen-bond acceptors (Lipinski definition) is 2. The summed E-state index contributed by atoms with van der Waals surface area (Å²) in [6.45, 7) is 2.15. The fourth-order valence-electron chi connectivity index (χ4n) is 1.99. The van der Waals surface area contributed by atoms with Crippen molar-refractivity contribution in [1.29, 1.82) is 0 Å². The first kappa shape index (κ1) is 16.1. The fraction of sp³-hybridized carbons (Fsp3) is 0.250. The lowest BCUT2D eigenvalue weighted by molar-refractivity contribution is 0.302. The molecule has 0 bridgehead atoms. The minimum atomic E-state index is -0.303. The second-order valence-corrected chi connectivity index (χ2v) is 5.80. The van der Waals surface area contributed by atoms with Gasteiger partial charge in [-0.25, -0.2) is 4.39 Å². The predicted octanol–water partition coefficient (Wildman–Crippen LogP) is 4.60. The van der Waals surface area contributed by atoms with Crippen LogP contribution in [-0.2, 0) is 13.0 Å². The van der Waals surface area contributed by atoms with Gasteiger partial charge in [-0.15, -0.1) is 0 Å². The van der Waals surface area contributed by atoms with E-state index in [0.29, 0.717) is 22.2 Å². The van der Waals surface area contributed by atoms with Crippen molar-refractivity contribution in [3.8, 4) is 5.75 Å². The van der Waals surface area contributed by atoms with Crippen LogP contribution in [0.25, 0.3) is 0 Å². The highest BCUT2D eigenvalue weighted by molar-refractivity contribution is 6.35. The molecule has 0 saturated carbocycles. The fourth-order valence-corrected chi connectivity index (χ4v) is 2.45. The molecule has 0 amide bonds. The first-order chi connectivity index (χ1) is 9.95. The number of halogens is 3. The van der Waals surface area contributed by atoms with Crippen LogP contribution in [0.2, 0.25) is 10.0 Å². The second kappa shape index (κ2) is 7.12. The highest BCUT2D eigenvalue weighted by Crippen LogP contribution is 2.25. The van der Waals surface area contributed by atoms with Gasteiger partial charge in [-0.3, -0.25) is 0 Å². The lowest BCUT2D eigenvalue weighted by atomic mass is 10.1. The zero-order chi connectivity index (χ0) is 15.4. The van der Waals surface area contributed by atoms with Gasteiger partial charge in [-0.2, -0.15) is 0 Å². The Labute approximate surface area is 133 Å². The quantitative estimate of drug-likeness (QED) is 0.870. The van der Waals surface area contributed by atoms with Gasteiger partial charge < -0.3 is 10.5 Å². The van der Waals surface area contributed by atoms with Crippen molar-refractivity contribution in [2.24, 2.45) is 5.73 Å². The van der Waals surface area contributed by atoms with E-state index in [9.17, 15) is 4.39 Å². The molecule has 112 valence electrons. The third kappa shape index (κ3) is 4.60. The summed E-state index contributed by atoms with van der Waals surface area (Å²) in [5.41, 5.74) is 7.34. The molecule has 0 aromatic heterocycles. The molecule has 0 spiro atoms. The molecule has 2 aromatic rings. The van der Waals surface area contributed by atoms with Gasteiger partial charge in [-0.1, -0.05) is 29.3 Å². The monoisotopic (exact) mass is 327 g/mol. The number of rotatable bonds is 5. The Kier molecular flexibility index (Phi) is 5.45. The Morgan fingerprint density at radius 2 is 1.90 bits per heavy atom. The first-order valence-electron chi connectivity index (χ1n) is 6.56. The summed E-state index contributed by atoms with van der Waals surface area (Å²) in [7, 11) is 0. The van der Waals surface area contributed by atoms with Gasteiger partial charge in [0.25, 0.3) is 0 Å². The minimum absolute atomic E-state index is 0.0757. The summed E-state index contributed by atoms with van der Waals surface area (Å²) < 4.78 is 19.1. The third-order valence-corrected chi connectivity index (χ3v) is 3.55. The molecule has 1 atom stereocenters. The van der Waals surface area contributed by atoms with Crippen LogP contribution in [0.15, 0.2) is 36.4 Å². The molecule has 5 heteroatoms. The first-order valence-corrected chi connectivity index (χ1v) is 7.32. The van der Waals surface area contributed by atoms with Crippen LogP contribution in [0.4, 0.5) is 4.39 Å². The summed E-state index contributed by atoms with van der Waals surface area (Å²) in [6, 6.07) is 9.56. The van der Waals surface area contributed by atoms with Crippen molar-refractivity contribution in [2.75, 3.05) is 0 Å². The average molecular weight is 328 g/mol. The molecule has 1 unspecified atom stereocenters. The van der Waals surface area contributed by atoms with E-state index in [1.165, 1.54) is 12.1 Å². The summed E-state index contributed by atoms with van der Waals surface area (Å²) in [6.07, 6.45) is 0.543. The minimum Gasteiger partial charge on any atom is -0.489 e. The number of hydrogen-bond donors (Lipinski definition) is 1. The number of ether oxygens (including phenoxy) is 1. The van der Waals surface area contributed by atoms with Crippen molar-refractivity contribution >= 4 is 23.2 Å². The zero-order valence-corrected chi connectivity index (χ0v) is 13.1. The topological polar surface area (TPSA) is 35.2 Å². The van der Waals surface area contributed by atoms with Crippen molar-refractivity contribution in [2.45, 2.75) is 26.0 Å². The van der Waals surface area contributed by atoms with Crippen LogP contribution < -0.4 is 10.5 Å². The molecular weight excluding hydrogens is 312 g/mol. The molecule has 0 aliphatic rings. The Bertz CT molecular complexity index is 632. The van der Waals surface area contributed by atoms with Gasteiger partial charge in [0.15, 0.2) is 0 Å². The summed E-state index contributed by atoms with van der Waals surface area (Å²) in [5.74, 6) is 0.308. The van der Waals surface area contributed by atoms with Gasteiger partial charge in [-0.05, 0) is 49.2 Å². The van der Waals surface area contributed by atoms with E-state index in [-0.39, 0.29) is 18.5 Å². The van der Waals surface area contributed by atoms with Crippen molar-refractivity contribution < 1.29 is 9.13 Å². The van der Waals surface area contributed by atoms with Crippen LogP contribution in [0, 0.1) is 5.82 Å². The van der Waals surface area contributed by atoms with Gasteiger partial charge in [0.05, 0.1) is 0 Å². The predicted molar refractivity (Wildman–Crippen MR) is 84.5 cm³/mol. The third-order valence-electron chi connectivity index (χ3n) is 2.96. The molecule has 0 radical (unpaired) electrons. The van der Waals surface area contributed by atoms with Crippen LogP contribution in [0.1, 0.15) is 18.1 Å². The van der Waals surface area contributed by atoms with Crippen molar-refractivity contribution in [3.63, 3.8) is 0 Å². The van der Waals surface area contributed by atoms with Crippen molar-refractivity contribution in [3.05, 3.63) is 63.4 Å². The second-order valence-electron chi connectivity index (χ2n) is 4.96. The van der Waals surface area contributed by atoms with E-state index in [4.69, 9.17) is 33.7 Å². The molecule has 0 heterocycles. The molecule has 21 heavy (non-hydrogen) atoms. The normalized spacial score (nSPS) is 12.2. The molecule has 2 aromatic carbocycles. The number of nitrogens with two attached hydrogens (primary N) is 1. The van der Waals surface area contributed by atoms with E-state index in [0.717, 1.165) is 11.1 Å². The Morgan fingerprint density at radius 1 is 1.14 bits per heavy atom. The van der Waals surface area contributed by atoms with Gasteiger partial charge in [0.2, 0.25) is 0 Å². The maximum Gasteiger partial charge on any atom is 0.123 e. The maximum atomic E-state index is 13.3. The maximum absolute atomic E-state index is 13.3. The molecule has 0 saturated heterocycles. The smallest absolute Gasteiger partial charge is 0.123 e. The van der Waals surface area contributed by atoms with E-state index in [2.05, 4.69) is 0 Å². The molecule has 2 rings (SSSR count). The molecule has 0 fully saturated rings. The molecule has 0 aliphatic carbocycles. The molecule has 2 nitrogen and oxygen atoms in total. The summed E-state index contributed by atoms with van der Waals surface area (Å²) in [5, 5.41) is 1.11. The standard InChI is InChI=1S/C16H16Cl2FNO/c1-10(20)6-12-7-14(19)4-5-16(12)21-9-11-2-3-13(17)8-15(11)18/h2-5,7-8,10H,6,9,20H2,1H3. The lowest BCUT2D eigenvalue weighted by Gasteiger charge is -2.14. The molecule has 0 aliphatic heterocycles. The van der Waals surface area contributed by atoms with Gasteiger partial charge in [0, 0.05) is 21.7 Å². The Morgan fingerprint density at radius 3 is 2.57 bits per heavy atom. The van der Waals surface area contributed by atoms with Gasteiger partial charge in [0.1, 0.15) is 18.2 Å². The molecule has 2 N–H and O–H groups in total. The van der Waals surface area contributed by atoms with E-state index in [1.807, 2.05) is 6.92 Å². The van der Waals surface area contributed by atoms with Crippen LogP contribution in [0.5, 0.6) is 5.75 Å². The van der Waals surface area contributed by atoms with E-state index < -0.39 is 0 Å². The number of benzene rings is 2. The van der Waals surface area contributed by atoms with Crippen LogP contribution in [-0.4, -0.2) is 6.04 Å². The van der Waals surface area contributed by atoms with Crippen LogP contribution in [0.3, 0.4) is 0 Å². The largest absolute Gasteiger partial charge is 0.489 e. The average Bonchev–Trinajstić information content (AvgIpc) is 2.39. The van der Waals surface area contributed by atoms with Gasteiger partial charge >= 0.3 is 0 Å². The zero-order valence-electron chi connectivity index (χ0n) is 11.6. The summed E-state index contributed by atoms with van der Waals surface area (Å²) >= 11 is 12.0. The van der Waals surface area contributed by atoms with E-state index in [1.54, 1.807) is 24.3 Å². The summed E-state index contributed by atoms with van der Waals surface area (Å²) in [4.78, 5) is 0. The highest BCUT2D eigenvalue weighted by atomic mass is 35.5. The van der Waals surface area contributed by atoms with Crippen molar-refractivity contribution in [1.82, 2.24) is 0 Å². The van der Waals surface area contributed by atoms with E-state index >= 15 is 0 Å². The SMILES string of the molecule is CC(N)Cc1cc(F)ccc1OCc1ccc(Cl)cc1Cl. The van der Waals surface area contributed by atoms with Crippen LogP contribution >= 0.6 is 23.2 Å². The molecular formula is C16H16Cl2FNO. The Hall–Kier alpha value is -1.29. The highest BCUT2D eigenvalue weighted by Gasteiger charge is 2.09. The Balaban J connectivity index is 2.15. The lowest BCUT2D eigenvalue weighted by Crippen LogP contribution is -2.18.